The normalized spacial score (nSPS) is 26.1. The number of aromatic nitrogens is 2. The molecule has 0 aliphatic carbocycles. The van der Waals surface area contributed by atoms with Crippen molar-refractivity contribution in [2.24, 2.45) is 0 Å². The van der Waals surface area contributed by atoms with E-state index in [0.29, 0.717) is 5.82 Å². The van der Waals surface area contributed by atoms with E-state index < -0.39 is 19.1 Å². The van der Waals surface area contributed by atoms with E-state index in [2.05, 4.69) is 9.97 Å². The van der Waals surface area contributed by atoms with Gasteiger partial charge in [-0.3, -0.25) is 4.90 Å². The van der Waals surface area contributed by atoms with Gasteiger partial charge in [0.05, 0.1) is 35.7 Å². The second kappa shape index (κ2) is 6.37. The van der Waals surface area contributed by atoms with Crippen LogP contribution in [0.4, 0.5) is 8.78 Å². The Kier molecular flexibility index (Phi) is 4.45. The van der Waals surface area contributed by atoms with E-state index >= 15 is 0 Å². The summed E-state index contributed by atoms with van der Waals surface area (Å²) < 4.78 is 39.5. The van der Waals surface area contributed by atoms with Crippen LogP contribution in [0.25, 0.3) is 11.3 Å². The van der Waals surface area contributed by atoms with E-state index in [1.54, 1.807) is 18.1 Å². The predicted octanol–water partition coefficient (Wildman–Crippen LogP) is 3.39. The van der Waals surface area contributed by atoms with Crippen LogP contribution in [0.3, 0.4) is 0 Å². The molecule has 150 valence electrons. The van der Waals surface area contributed by atoms with E-state index in [-0.39, 0.29) is 24.2 Å². The maximum Gasteiger partial charge on any atom is 0.494 e. The summed E-state index contributed by atoms with van der Waals surface area (Å²) in [6, 6.07) is 7.46. The van der Waals surface area contributed by atoms with Gasteiger partial charge in [0.1, 0.15) is 5.82 Å². The summed E-state index contributed by atoms with van der Waals surface area (Å²) in [5.41, 5.74) is 1.91. The van der Waals surface area contributed by atoms with Crippen LogP contribution in [0.1, 0.15) is 46.0 Å². The van der Waals surface area contributed by atoms with Gasteiger partial charge in [-0.1, -0.05) is 24.3 Å². The van der Waals surface area contributed by atoms with Gasteiger partial charge in [0.2, 0.25) is 0 Å². The Morgan fingerprint density at radius 1 is 1.11 bits per heavy atom. The Morgan fingerprint density at radius 3 is 2.25 bits per heavy atom. The monoisotopic (exact) mass is 389 g/mol. The van der Waals surface area contributed by atoms with Crippen molar-refractivity contribution in [3.05, 3.63) is 36.3 Å². The number of hydrogen-bond acceptors (Lipinski definition) is 4. The number of rotatable bonds is 3. The van der Waals surface area contributed by atoms with Gasteiger partial charge >= 0.3 is 7.12 Å². The lowest BCUT2D eigenvalue weighted by molar-refractivity contribution is 0.00578. The number of aromatic amines is 1. The maximum atomic E-state index is 13.7. The highest BCUT2D eigenvalue weighted by Gasteiger charge is 2.51. The van der Waals surface area contributed by atoms with E-state index in [0.717, 1.165) is 16.7 Å². The molecule has 2 aliphatic rings. The number of likely N-dealkylation sites (tertiary alicyclic amines) is 1. The van der Waals surface area contributed by atoms with Gasteiger partial charge < -0.3 is 14.3 Å². The summed E-state index contributed by atoms with van der Waals surface area (Å²) in [6.07, 6.45) is 1.49. The minimum atomic E-state index is -2.67. The molecule has 1 aromatic carbocycles. The van der Waals surface area contributed by atoms with Gasteiger partial charge in [0, 0.05) is 6.42 Å². The largest absolute Gasteiger partial charge is 0.494 e. The smallest absolute Gasteiger partial charge is 0.399 e. The van der Waals surface area contributed by atoms with Gasteiger partial charge in [-0.15, -0.1) is 0 Å². The molecule has 8 heteroatoms. The number of halogens is 2. The molecule has 5 nitrogen and oxygen atoms in total. The molecule has 1 N–H and O–H groups in total. The molecule has 0 spiro atoms. The summed E-state index contributed by atoms with van der Waals surface area (Å²) in [5.74, 6) is -2.10. The van der Waals surface area contributed by atoms with Crippen LogP contribution in [-0.2, 0) is 9.31 Å². The molecule has 0 unspecified atom stereocenters. The van der Waals surface area contributed by atoms with Crippen LogP contribution < -0.4 is 5.46 Å². The standard InChI is InChI=1S/C20H26BF2N3O2/c1-18(2)19(3,4)28-21(27-18)14-8-6-13(7-9-14)15-11-24-17(25-15)16-10-20(22,23)12-26(16)5/h6-9,11,16H,10,12H2,1-5H3,(H,24,25)/t16-/m0/s1. The van der Waals surface area contributed by atoms with Gasteiger partial charge in [-0.05, 0) is 45.8 Å². The third-order valence-electron chi connectivity index (χ3n) is 6.16. The van der Waals surface area contributed by atoms with Crippen LogP contribution in [-0.4, -0.2) is 52.7 Å². The van der Waals surface area contributed by atoms with Crippen LogP contribution >= 0.6 is 0 Å². The van der Waals surface area contributed by atoms with Crippen LogP contribution in [0.2, 0.25) is 0 Å². The van der Waals surface area contributed by atoms with E-state index in [1.165, 1.54) is 0 Å². The van der Waals surface area contributed by atoms with Crippen molar-refractivity contribution in [3.8, 4) is 11.3 Å². The highest BCUT2D eigenvalue weighted by Crippen LogP contribution is 2.39. The second-order valence-electron chi connectivity index (χ2n) is 8.88. The van der Waals surface area contributed by atoms with E-state index in [1.807, 2.05) is 52.0 Å². The third kappa shape index (κ3) is 3.38. The number of nitrogens with one attached hydrogen (secondary N) is 1. The summed E-state index contributed by atoms with van der Waals surface area (Å²) >= 11 is 0. The van der Waals surface area contributed by atoms with Crippen molar-refractivity contribution in [1.82, 2.24) is 14.9 Å². The summed E-state index contributed by atoms with van der Waals surface area (Å²) in [6.45, 7) is 7.86. The van der Waals surface area contributed by atoms with Gasteiger partial charge in [-0.2, -0.15) is 0 Å². The third-order valence-corrected chi connectivity index (χ3v) is 6.16. The first-order valence-electron chi connectivity index (χ1n) is 9.56. The summed E-state index contributed by atoms with van der Waals surface area (Å²) in [7, 11) is 1.29. The quantitative estimate of drug-likeness (QED) is 0.818. The number of alkyl halides is 2. The fourth-order valence-electron chi connectivity index (χ4n) is 3.74. The zero-order valence-electron chi connectivity index (χ0n) is 16.9. The molecule has 2 saturated heterocycles. The van der Waals surface area contributed by atoms with Crippen molar-refractivity contribution >= 4 is 12.6 Å². The predicted molar refractivity (Wildman–Crippen MR) is 105 cm³/mol. The van der Waals surface area contributed by atoms with E-state index in [9.17, 15) is 8.78 Å². The number of nitrogens with zero attached hydrogens (tertiary/aromatic N) is 2. The summed E-state index contributed by atoms with van der Waals surface area (Å²) in [5, 5.41) is 0. The van der Waals surface area contributed by atoms with Crippen molar-refractivity contribution in [3.63, 3.8) is 0 Å². The number of H-pyrrole nitrogens is 1. The fraction of sp³-hybridized carbons (Fsp3) is 0.550. The molecular formula is C20H26BF2N3O2. The maximum absolute atomic E-state index is 13.7. The molecule has 1 atom stereocenters. The Balaban J connectivity index is 1.51. The number of imidazole rings is 1. The van der Waals surface area contributed by atoms with Gasteiger partial charge in [0.25, 0.3) is 5.92 Å². The average Bonchev–Trinajstić information content (AvgIpc) is 3.23. The Labute approximate surface area is 164 Å². The molecule has 0 bridgehead atoms. The lowest BCUT2D eigenvalue weighted by atomic mass is 9.79. The first-order chi connectivity index (χ1) is 13.0. The first-order valence-corrected chi connectivity index (χ1v) is 9.56. The highest BCUT2D eigenvalue weighted by molar-refractivity contribution is 6.62. The highest BCUT2D eigenvalue weighted by atomic mass is 19.3. The zero-order chi connectivity index (χ0) is 20.3. The minimum absolute atomic E-state index is 0.211. The minimum Gasteiger partial charge on any atom is -0.399 e. The average molecular weight is 389 g/mol. The molecule has 0 amide bonds. The molecule has 28 heavy (non-hydrogen) atoms. The molecular weight excluding hydrogens is 363 g/mol. The van der Waals surface area contributed by atoms with Crippen molar-refractivity contribution < 1.29 is 18.1 Å². The summed E-state index contributed by atoms with van der Waals surface area (Å²) in [4.78, 5) is 9.20. The van der Waals surface area contributed by atoms with Crippen molar-refractivity contribution in [2.75, 3.05) is 13.6 Å². The molecule has 4 rings (SSSR count). The number of benzene rings is 1. The van der Waals surface area contributed by atoms with Crippen LogP contribution in [0.15, 0.2) is 30.5 Å². The molecule has 0 radical (unpaired) electrons. The van der Waals surface area contributed by atoms with Crippen LogP contribution in [0.5, 0.6) is 0 Å². The first kappa shape index (κ1) is 19.5. The SMILES string of the molecule is CN1CC(F)(F)C[C@H]1c1ncc(-c2ccc(B3OC(C)(C)C(C)(C)O3)cc2)[nH]1. The fourth-order valence-corrected chi connectivity index (χ4v) is 3.74. The molecule has 1 aromatic heterocycles. The number of hydrogen-bond donors (Lipinski definition) is 1. The van der Waals surface area contributed by atoms with Crippen molar-refractivity contribution in [2.45, 2.75) is 57.3 Å². The lowest BCUT2D eigenvalue weighted by Crippen LogP contribution is -2.41. The molecule has 3 heterocycles. The van der Waals surface area contributed by atoms with Crippen molar-refractivity contribution in [1.29, 1.82) is 0 Å². The molecule has 0 saturated carbocycles. The molecule has 2 aliphatic heterocycles. The van der Waals surface area contributed by atoms with Gasteiger partial charge in [0.15, 0.2) is 0 Å². The second-order valence-corrected chi connectivity index (χ2v) is 8.88. The molecule has 2 fully saturated rings. The van der Waals surface area contributed by atoms with Crippen LogP contribution in [0, 0.1) is 0 Å². The Morgan fingerprint density at radius 2 is 1.71 bits per heavy atom. The lowest BCUT2D eigenvalue weighted by Gasteiger charge is -2.32. The Bertz CT molecular complexity index is 851. The Hall–Kier alpha value is -1.77. The van der Waals surface area contributed by atoms with Gasteiger partial charge in [-0.25, -0.2) is 13.8 Å². The van der Waals surface area contributed by atoms with E-state index in [4.69, 9.17) is 9.31 Å². The zero-order valence-corrected chi connectivity index (χ0v) is 16.9. The molecule has 2 aromatic rings. The topological polar surface area (TPSA) is 50.4 Å².